The van der Waals surface area contributed by atoms with Crippen molar-refractivity contribution >= 4 is 55.5 Å². The summed E-state index contributed by atoms with van der Waals surface area (Å²) in [5.74, 6) is 0. The van der Waals surface area contributed by atoms with Crippen molar-refractivity contribution in [1.82, 2.24) is 0 Å². The highest BCUT2D eigenvalue weighted by Gasteiger charge is 2.54. The Bertz CT molecular complexity index is 3540. The first-order chi connectivity index (χ1) is 32.8. The first-order valence-electron chi connectivity index (χ1n) is 22.7. The van der Waals surface area contributed by atoms with Crippen LogP contribution >= 0.6 is 11.3 Å². The van der Waals surface area contributed by atoms with Crippen molar-refractivity contribution in [1.29, 1.82) is 0 Å². The zero-order chi connectivity index (χ0) is 43.6. The minimum Gasteiger partial charge on any atom is -0.310 e. The maximum absolute atomic E-state index is 2.52. The zero-order valence-electron chi connectivity index (χ0n) is 36.1. The molecular weight excluding hydrogens is 817 g/mol. The molecule has 0 radical (unpaired) electrons. The van der Waals surface area contributed by atoms with E-state index in [4.69, 9.17) is 0 Å². The summed E-state index contributed by atoms with van der Waals surface area (Å²) < 4.78 is 1.31. The van der Waals surface area contributed by atoms with E-state index in [0.717, 1.165) is 34.1 Å². The summed E-state index contributed by atoms with van der Waals surface area (Å²) in [6, 6.07) is 93.6. The molecule has 1 aromatic heterocycles. The third-order valence-electron chi connectivity index (χ3n) is 13.6. The molecule has 2 aliphatic rings. The molecular formula is C63H42N2S. The molecule has 1 heterocycles. The zero-order valence-corrected chi connectivity index (χ0v) is 36.9. The van der Waals surface area contributed by atoms with Gasteiger partial charge in [-0.3, -0.25) is 0 Å². The molecule has 10 aromatic carbocycles. The van der Waals surface area contributed by atoms with Gasteiger partial charge in [-0.1, -0.05) is 182 Å². The van der Waals surface area contributed by atoms with Gasteiger partial charge in [0.1, 0.15) is 0 Å². The van der Waals surface area contributed by atoms with Crippen molar-refractivity contribution < 1.29 is 0 Å². The number of benzene rings is 10. The van der Waals surface area contributed by atoms with Gasteiger partial charge in [0.2, 0.25) is 0 Å². The van der Waals surface area contributed by atoms with Gasteiger partial charge < -0.3 is 9.80 Å². The van der Waals surface area contributed by atoms with Gasteiger partial charge in [-0.2, -0.15) is 0 Å². The van der Waals surface area contributed by atoms with Crippen LogP contribution < -0.4 is 9.80 Å². The Balaban J connectivity index is 1.08. The fourth-order valence-electron chi connectivity index (χ4n) is 10.8. The molecule has 3 heteroatoms. The van der Waals surface area contributed by atoms with E-state index in [1.807, 2.05) is 11.3 Å². The summed E-state index contributed by atoms with van der Waals surface area (Å²) in [5, 5.41) is 1.31. The van der Waals surface area contributed by atoms with Gasteiger partial charge in [0.15, 0.2) is 0 Å². The van der Waals surface area contributed by atoms with Crippen LogP contribution in [-0.4, -0.2) is 0 Å². The summed E-state index contributed by atoms with van der Waals surface area (Å²) >= 11 is 1.95. The summed E-state index contributed by atoms with van der Waals surface area (Å²) in [6.45, 7) is 0. The van der Waals surface area contributed by atoms with E-state index in [-0.39, 0.29) is 0 Å². The van der Waals surface area contributed by atoms with Crippen LogP contribution in [0.3, 0.4) is 0 Å². The van der Waals surface area contributed by atoms with Crippen molar-refractivity contribution in [3.63, 3.8) is 0 Å². The van der Waals surface area contributed by atoms with Crippen molar-refractivity contribution in [3.05, 3.63) is 276 Å². The third-order valence-corrected chi connectivity index (χ3v) is 14.9. The summed E-state index contributed by atoms with van der Waals surface area (Å²) in [7, 11) is 0. The van der Waals surface area contributed by atoms with E-state index < -0.39 is 5.41 Å². The van der Waals surface area contributed by atoms with Crippen molar-refractivity contribution in [2.45, 2.75) is 5.41 Å². The van der Waals surface area contributed by atoms with Crippen LogP contribution in [0.2, 0.25) is 0 Å². The van der Waals surface area contributed by atoms with Crippen LogP contribution in [0.4, 0.5) is 34.1 Å². The molecule has 0 aliphatic heterocycles. The first-order valence-corrected chi connectivity index (χ1v) is 23.5. The second-order valence-corrected chi connectivity index (χ2v) is 18.2. The van der Waals surface area contributed by atoms with Gasteiger partial charge in [0.25, 0.3) is 0 Å². The lowest BCUT2D eigenvalue weighted by Crippen LogP contribution is -2.26. The smallest absolute Gasteiger partial charge is 0.0820 e. The van der Waals surface area contributed by atoms with Gasteiger partial charge in [-0.25, -0.2) is 0 Å². The Morgan fingerprint density at radius 2 is 0.773 bits per heavy atom. The second kappa shape index (κ2) is 15.5. The maximum atomic E-state index is 2.52. The minimum absolute atomic E-state index is 0.576. The molecule has 1 atom stereocenters. The highest BCUT2D eigenvalue weighted by atomic mass is 32.1. The SMILES string of the molecule is c1ccc(-c2ccc(N(c3ccc4c(c3)C3(c5ccccc5-4)c4cc(N(c5ccccc5)c5ccccc5)ccc4-c4c3sc3ccccc43)c3ccccc3-c3ccccc3)cc2)cc1. The molecule has 0 fully saturated rings. The van der Waals surface area contributed by atoms with E-state index in [1.165, 1.54) is 76.2 Å². The Labute approximate surface area is 389 Å². The van der Waals surface area contributed by atoms with E-state index in [9.17, 15) is 0 Å². The molecule has 2 aliphatic carbocycles. The van der Waals surface area contributed by atoms with Crippen LogP contribution in [-0.2, 0) is 5.41 Å². The Kier molecular flexibility index (Phi) is 8.97. The number of nitrogens with zero attached hydrogens (tertiary/aromatic N) is 2. The average molecular weight is 859 g/mol. The fraction of sp³-hybridized carbons (Fsp3) is 0.0159. The van der Waals surface area contributed by atoms with Crippen molar-refractivity contribution in [3.8, 4) is 44.5 Å². The van der Waals surface area contributed by atoms with Gasteiger partial charge in [-0.05, 0) is 123 Å². The maximum Gasteiger partial charge on any atom is 0.0820 e. The number of para-hydroxylation sites is 3. The summed E-state index contributed by atoms with van der Waals surface area (Å²) in [5.41, 5.74) is 20.0. The van der Waals surface area contributed by atoms with Gasteiger partial charge in [0.05, 0.1) is 11.1 Å². The third kappa shape index (κ3) is 5.87. The number of thiophene rings is 1. The summed E-state index contributed by atoms with van der Waals surface area (Å²) in [6.07, 6.45) is 0. The van der Waals surface area contributed by atoms with E-state index in [0.29, 0.717) is 0 Å². The topological polar surface area (TPSA) is 6.48 Å². The molecule has 0 saturated heterocycles. The highest BCUT2D eigenvalue weighted by Crippen LogP contribution is 2.67. The molecule has 310 valence electrons. The average Bonchev–Trinajstić information content (AvgIpc) is 4.01. The lowest BCUT2D eigenvalue weighted by molar-refractivity contribution is 0.811. The van der Waals surface area contributed by atoms with Crippen LogP contribution in [0.25, 0.3) is 54.6 Å². The predicted molar refractivity (Wildman–Crippen MR) is 278 cm³/mol. The van der Waals surface area contributed by atoms with Crippen LogP contribution in [0.1, 0.15) is 21.6 Å². The van der Waals surface area contributed by atoms with Crippen LogP contribution in [0.5, 0.6) is 0 Å². The molecule has 1 spiro atoms. The first kappa shape index (κ1) is 38.2. The number of hydrogen-bond donors (Lipinski definition) is 0. The quantitative estimate of drug-likeness (QED) is 0.150. The molecule has 2 nitrogen and oxygen atoms in total. The lowest BCUT2D eigenvalue weighted by atomic mass is 9.73. The van der Waals surface area contributed by atoms with E-state index in [1.54, 1.807) is 0 Å². The normalized spacial score (nSPS) is 14.1. The molecule has 0 bridgehead atoms. The van der Waals surface area contributed by atoms with Gasteiger partial charge in [-0.15, -0.1) is 11.3 Å². The number of fused-ring (bicyclic) bond motifs is 12. The van der Waals surface area contributed by atoms with Crippen LogP contribution in [0.15, 0.2) is 255 Å². The molecule has 1 unspecified atom stereocenters. The van der Waals surface area contributed by atoms with Crippen molar-refractivity contribution in [2.75, 3.05) is 9.80 Å². The van der Waals surface area contributed by atoms with Gasteiger partial charge >= 0.3 is 0 Å². The largest absolute Gasteiger partial charge is 0.310 e. The predicted octanol–water partition coefficient (Wildman–Crippen LogP) is 17.5. The monoisotopic (exact) mass is 858 g/mol. The minimum atomic E-state index is -0.576. The van der Waals surface area contributed by atoms with E-state index in [2.05, 4.69) is 265 Å². The lowest BCUT2D eigenvalue weighted by Gasteiger charge is -2.33. The number of hydrogen-bond acceptors (Lipinski definition) is 3. The Hall–Kier alpha value is -8.24. The van der Waals surface area contributed by atoms with Crippen molar-refractivity contribution in [2.24, 2.45) is 0 Å². The van der Waals surface area contributed by atoms with Gasteiger partial charge in [0, 0.05) is 54.5 Å². The van der Waals surface area contributed by atoms with E-state index >= 15 is 0 Å². The molecule has 0 N–H and O–H groups in total. The molecule has 0 saturated carbocycles. The highest BCUT2D eigenvalue weighted by molar-refractivity contribution is 7.20. The number of rotatable bonds is 8. The Morgan fingerprint density at radius 1 is 0.303 bits per heavy atom. The summed E-state index contributed by atoms with van der Waals surface area (Å²) in [4.78, 5) is 6.25. The molecule has 66 heavy (non-hydrogen) atoms. The fourth-order valence-corrected chi connectivity index (χ4v) is 12.3. The van der Waals surface area contributed by atoms with Crippen LogP contribution in [0, 0.1) is 0 Å². The second-order valence-electron chi connectivity index (χ2n) is 17.2. The standard InChI is InChI=1S/C63H42N2S/c1-5-19-43(20-6-1)44-33-35-48(36-34-44)65(59-31-17-14-27-51(59)45-21-7-2-8-22-45)50-37-39-53-52-28-13-16-30-56(52)63(57(53)42-50)58-41-49(64(46-23-9-3-10-24-46)47-25-11-4-12-26-47)38-40-54(58)61-55-29-15-18-32-60(55)66-62(61)63/h1-42H. The molecule has 0 amide bonds. The molecule has 11 aromatic rings. The number of anilines is 6. The Morgan fingerprint density at radius 3 is 1.47 bits per heavy atom. The molecule has 13 rings (SSSR count).